The quantitative estimate of drug-likeness (QED) is 0.780. The van der Waals surface area contributed by atoms with E-state index in [-0.39, 0.29) is 12.0 Å². The van der Waals surface area contributed by atoms with Crippen LogP contribution in [0.25, 0.3) is 10.9 Å². The van der Waals surface area contributed by atoms with Gasteiger partial charge in [-0.25, -0.2) is 4.79 Å². The van der Waals surface area contributed by atoms with Gasteiger partial charge in [0.15, 0.2) is 0 Å². The molecule has 1 heterocycles. The van der Waals surface area contributed by atoms with Crippen LogP contribution in [0.15, 0.2) is 30.5 Å². The molecule has 6 heteroatoms. The molecular formula is C15H17N3O3. The Kier molecular flexibility index (Phi) is 3.80. The van der Waals surface area contributed by atoms with Crippen molar-refractivity contribution in [3.63, 3.8) is 0 Å². The molecule has 1 aromatic carbocycles. The average Bonchev–Trinajstić information content (AvgIpc) is 2.36. The first kappa shape index (κ1) is 14.8. The number of carboxylic acids is 1. The van der Waals surface area contributed by atoms with Gasteiger partial charge >= 0.3 is 5.97 Å². The van der Waals surface area contributed by atoms with Crippen LogP contribution in [-0.4, -0.2) is 27.5 Å². The summed E-state index contributed by atoms with van der Waals surface area (Å²) in [5.41, 5.74) is 5.75. The van der Waals surface area contributed by atoms with E-state index in [9.17, 15) is 14.7 Å². The molecular weight excluding hydrogens is 270 g/mol. The molecule has 1 aromatic heterocycles. The van der Waals surface area contributed by atoms with Gasteiger partial charge in [0.25, 0.3) is 0 Å². The molecule has 6 nitrogen and oxygen atoms in total. The number of nitrogens with one attached hydrogen (secondary N) is 1. The second-order valence-electron chi connectivity index (χ2n) is 5.52. The van der Waals surface area contributed by atoms with E-state index in [4.69, 9.17) is 5.73 Å². The molecule has 0 bridgehead atoms. The fourth-order valence-corrected chi connectivity index (χ4v) is 2.26. The number of primary amides is 1. The second-order valence-corrected chi connectivity index (χ2v) is 5.52. The fraction of sp³-hybridized carbons (Fsp3) is 0.267. The van der Waals surface area contributed by atoms with E-state index in [2.05, 4.69) is 10.3 Å². The maximum absolute atomic E-state index is 11.4. The van der Waals surface area contributed by atoms with Crippen molar-refractivity contribution in [2.24, 2.45) is 5.73 Å². The summed E-state index contributed by atoms with van der Waals surface area (Å²) >= 11 is 0. The molecule has 21 heavy (non-hydrogen) atoms. The number of rotatable bonds is 5. The van der Waals surface area contributed by atoms with Gasteiger partial charge in [0, 0.05) is 23.5 Å². The number of aromatic carboxylic acids is 1. The highest BCUT2D eigenvalue weighted by molar-refractivity contribution is 6.04. The number of carbonyl (C=O) groups is 2. The smallest absolute Gasteiger partial charge is 0.339 e. The van der Waals surface area contributed by atoms with E-state index in [0.717, 1.165) is 0 Å². The lowest BCUT2D eigenvalue weighted by Crippen LogP contribution is -2.36. The number of carbonyl (C=O) groups excluding carboxylic acids is 1. The van der Waals surface area contributed by atoms with Crippen LogP contribution in [0.4, 0.5) is 5.69 Å². The highest BCUT2D eigenvalue weighted by Gasteiger charge is 2.24. The van der Waals surface area contributed by atoms with Gasteiger partial charge in [0.2, 0.25) is 5.91 Å². The zero-order valence-corrected chi connectivity index (χ0v) is 11.9. The molecule has 0 aliphatic carbocycles. The van der Waals surface area contributed by atoms with E-state index >= 15 is 0 Å². The molecule has 1 amide bonds. The average molecular weight is 287 g/mol. The number of nitrogens with two attached hydrogens (primary N) is 1. The maximum atomic E-state index is 11.4. The molecule has 0 saturated heterocycles. The van der Waals surface area contributed by atoms with Crippen molar-refractivity contribution in [2.75, 3.05) is 5.32 Å². The number of amides is 1. The van der Waals surface area contributed by atoms with Crippen LogP contribution < -0.4 is 11.1 Å². The third kappa shape index (κ3) is 3.28. The Balaban J connectivity index is 2.56. The molecule has 0 aliphatic heterocycles. The van der Waals surface area contributed by atoms with Crippen molar-refractivity contribution in [1.82, 2.24) is 4.98 Å². The third-order valence-electron chi connectivity index (χ3n) is 3.09. The summed E-state index contributed by atoms with van der Waals surface area (Å²) in [4.78, 5) is 26.7. The van der Waals surface area contributed by atoms with Crippen LogP contribution in [0.3, 0.4) is 0 Å². The Bertz CT molecular complexity index is 710. The van der Waals surface area contributed by atoms with E-state index in [0.29, 0.717) is 16.6 Å². The van der Waals surface area contributed by atoms with Crippen LogP contribution in [0.1, 0.15) is 30.6 Å². The van der Waals surface area contributed by atoms with E-state index in [1.165, 1.54) is 6.20 Å². The van der Waals surface area contributed by atoms with Gasteiger partial charge in [-0.15, -0.1) is 0 Å². The van der Waals surface area contributed by atoms with Crippen LogP contribution in [0, 0.1) is 0 Å². The number of benzene rings is 1. The van der Waals surface area contributed by atoms with E-state index in [1.807, 2.05) is 12.1 Å². The largest absolute Gasteiger partial charge is 0.478 e. The Morgan fingerprint density at radius 2 is 2.00 bits per heavy atom. The van der Waals surface area contributed by atoms with Crippen LogP contribution in [-0.2, 0) is 4.79 Å². The third-order valence-corrected chi connectivity index (χ3v) is 3.09. The maximum Gasteiger partial charge on any atom is 0.339 e. The number of nitrogens with zero attached hydrogens (tertiary/aromatic N) is 1. The molecule has 2 aromatic rings. The Morgan fingerprint density at radius 3 is 2.62 bits per heavy atom. The minimum atomic E-state index is -1.08. The van der Waals surface area contributed by atoms with Gasteiger partial charge in [-0.05, 0) is 19.9 Å². The minimum Gasteiger partial charge on any atom is -0.478 e. The number of para-hydroxylation sites is 1. The van der Waals surface area contributed by atoms with Gasteiger partial charge in [-0.1, -0.05) is 18.2 Å². The van der Waals surface area contributed by atoms with Crippen molar-refractivity contribution < 1.29 is 14.7 Å². The summed E-state index contributed by atoms with van der Waals surface area (Å²) < 4.78 is 0. The van der Waals surface area contributed by atoms with Crippen molar-refractivity contribution in [2.45, 2.75) is 25.8 Å². The number of anilines is 1. The topological polar surface area (TPSA) is 105 Å². The number of pyridine rings is 1. The summed E-state index contributed by atoms with van der Waals surface area (Å²) in [7, 11) is 0. The summed E-state index contributed by atoms with van der Waals surface area (Å²) in [5, 5.41) is 13.1. The lowest BCUT2D eigenvalue weighted by molar-refractivity contribution is -0.118. The highest BCUT2D eigenvalue weighted by atomic mass is 16.4. The zero-order valence-electron chi connectivity index (χ0n) is 11.9. The first-order chi connectivity index (χ1) is 9.80. The Hall–Kier alpha value is -2.63. The first-order valence-electron chi connectivity index (χ1n) is 6.48. The molecule has 0 atom stereocenters. The molecule has 0 aliphatic rings. The number of carboxylic acid groups (broad SMARTS) is 1. The van der Waals surface area contributed by atoms with E-state index in [1.54, 1.807) is 26.0 Å². The number of fused-ring (bicyclic) bond motifs is 1. The molecule has 0 saturated carbocycles. The summed E-state index contributed by atoms with van der Waals surface area (Å²) in [5.74, 6) is -1.53. The second kappa shape index (κ2) is 5.40. The number of hydrogen-bond acceptors (Lipinski definition) is 4. The first-order valence-corrected chi connectivity index (χ1v) is 6.48. The van der Waals surface area contributed by atoms with Crippen LogP contribution >= 0.6 is 0 Å². The lowest BCUT2D eigenvalue weighted by atomic mass is 9.98. The normalized spacial score (nSPS) is 11.3. The van der Waals surface area contributed by atoms with E-state index < -0.39 is 17.4 Å². The van der Waals surface area contributed by atoms with Crippen molar-refractivity contribution >= 4 is 28.5 Å². The van der Waals surface area contributed by atoms with Gasteiger partial charge in [0.1, 0.15) is 5.56 Å². The predicted octanol–water partition coefficient (Wildman–Crippen LogP) is 2.00. The highest BCUT2D eigenvalue weighted by Crippen LogP contribution is 2.29. The summed E-state index contributed by atoms with van der Waals surface area (Å²) in [6, 6.07) is 7.22. The molecule has 0 spiro atoms. The molecule has 110 valence electrons. The number of aromatic nitrogens is 1. The molecule has 0 fully saturated rings. The number of hydrogen-bond donors (Lipinski definition) is 3. The standard InChI is InChI=1S/C15H17N3O3/c1-15(2,7-12(16)19)18-13-9-5-3-4-6-11(9)17-8-10(13)14(20)21/h3-6,8H,7H2,1-2H3,(H2,16,19)(H,17,18)(H,20,21). The van der Waals surface area contributed by atoms with Crippen LogP contribution in [0.5, 0.6) is 0 Å². The SMILES string of the molecule is CC(C)(CC(N)=O)Nc1c(C(=O)O)cnc2ccccc12. The minimum absolute atomic E-state index is 0.0613. The molecule has 4 N–H and O–H groups in total. The van der Waals surface area contributed by atoms with Crippen molar-refractivity contribution in [3.8, 4) is 0 Å². The Labute approximate surface area is 122 Å². The predicted molar refractivity (Wildman–Crippen MR) is 80.2 cm³/mol. The zero-order chi connectivity index (χ0) is 15.6. The summed E-state index contributed by atoms with van der Waals surface area (Å²) in [6.45, 7) is 3.58. The van der Waals surface area contributed by atoms with Crippen molar-refractivity contribution in [3.05, 3.63) is 36.0 Å². The molecule has 2 rings (SSSR count). The van der Waals surface area contributed by atoms with Gasteiger partial charge in [-0.3, -0.25) is 9.78 Å². The lowest BCUT2D eigenvalue weighted by Gasteiger charge is -2.27. The fourth-order valence-electron chi connectivity index (χ4n) is 2.26. The Morgan fingerprint density at radius 1 is 1.33 bits per heavy atom. The van der Waals surface area contributed by atoms with Crippen molar-refractivity contribution in [1.29, 1.82) is 0 Å². The summed E-state index contributed by atoms with van der Waals surface area (Å²) in [6.07, 6.45) is 1.40. The monoisotopic (exact) mass is 287 g/mol. The van der Waals surface area contributed by atoms with Crippen LogP contribution in [0.2, 0.25) is 0 Å². The van der Waals surface area contributed by atoms with Gasteiger partial charge in [-0.2, -0.15) is 0 Å². The molecule has 0 unspecified atom stereocenters. The molecule has 0 radical (unpaired) electrons. The van der Waals surface area contributed by atoms with Gasteiger partial charge in [0.05, 0.1) is 11.2 Å². The van der Waals surface area contributed by atoms with Gasteiger partial charge < -0.3 is 16.2 Å².